The van der Waals surface area contributed by atoms with Crippen molar-refractivity contribution in [2.45, 2.75) is 0 Å². The van der Waals surface area contributed by atoms with E-state index in [1.54, 1.807) is 30.5 Å². The summed E-state index contributed by atoms with van der Waals surface area (Å²) in [7, 11) is 0. The van der Waals surface area contributed by atoms with E-state index in [1.165, 1.54) is 0 Å². The molecule has 0 amide bonds. The fourth-order valence-corrected chi connectivity index (χ4v) is 1.54. The number of rotatable bonds is 2. The zero-order valence-corrected chi connectivity index (χ0v) is 9.32. The van der Waals surface area contributed by atoms with Gasteiger partial charge in [-0.15, -0.1) is 0 Å². The van der Waals surface area contributed by atoms with Crippen LogP contribution in [0.5, 0.6) is 5.75 Å². The number of pyridine rings is 1. The molecule has 5 nitrogen and oxygen atoms in total. The third-order valence-corrected chi connectivity index (χ3v) is 2.43. The van der Waals surface area contributed by atoms with Gasteiger partial charge in [-0.2, -0.15) is 4.98 Å². The molecule has 2 aromatic heterocycles. The zero-order valence-electron chi connectivity index (χ0n) is 9.32. The summed E-state index contributed by atoms with van der Waals surface area (Å²) in [5.74, 6) is 1.04. The van der Waals surface area contributed by atoms with E-state index in [0.29, 0.717) is 17.4 Å². The molecule has 0 saturated carbocycles. The molecule has 3 rings (SSSR count). The highest BCUT2D eigenvalue weighted by molar-refractivity contribution is 5.57. The summed E-state index contributed by atoms with van der Waals surface area (Å²) in [6.45, 7) is 0. The van der Waals surface area contributed by atoms with Crippen LogP contribution >= 0.6 is 0 Å². The smallest absolute Gasteiger partial charge is 0.258 e. The van der Waals surface area contributed by atoms with Gasteiger partial charge in [-0.3, -0.25) is 4.98 Å². The molecular weight excluding hydrogens is 230 g/mol. The highest BCUT2D eigenvalue weighted by Gasteiger charge is 2.10. The lowest BCUT2D eigenvalue weighted by molar-refractivity contribution is 0.432. The van der Waals surface area contributed by atoms with Crippen LogP contribution < -0.4 is 0 Å². The van der Waals surface area contributed by atoms with Gasteiger partial charge in [0.25, 0.3) is 5.89 Å². The monoisotopic (exact) mass is 239 g/mol. The summed E-state index contributed by atoms with van der Waals surface area (Å²) < 4.78 is 5.16. The van der Waals surface area contributed by atoms with Crippen LogP contribution in [-0.2, 0) is 0 Å². The predicted molar refractivity (Wildman–Crippen MR) is 64.6 cm³/mol. The third-order valence-electron chi connectivity index (χ3n) is 2.43. The molecule has 1 N–H and O–H groups in total. The quantitative estimate of drug-likeness (QED) is 0.743. The lowest BCUT2D eigenvalue weighted by Gasteiger charge is -1.93. The average molecular weight is 239 g/mol. The Bertz CT molecular complexity index is 648. The van der Waals surface area contributed by atoms with E-state index in [-0.39, 0.29) is 5.75 Å². The lowest BCUT2D eigenvalue weighted by Crippen LogP contribution is -1.84. The van der Waals surface area contributed by atoms with Crippen molar-refractivity contribution in [3.8, 4) is 28.7 Å². The van der Waals surface area contributed by atoms with E-state index < -0.39 is 0 Å². The molecule has 0 aliphatic carbocycles. The van der Waals surface area contributed by atoms with Gasteiger partial charge in [0.15, 0.2) is 0 Å². The van der Waals surface area contributed by atoms with Crippen molar-refractivity contribution in [1.82, 2.24) is 15.1 Å². The zero-order chi connectivity index (χ0) is 12.4. The number of hydrogen-bond donors (Lipinski definition) is 1. The van der Waals surface area contributed by atoms with Gasteiger partial charge in [-0.1, -0.05) is 11.2 Å². The Hall–Kier alpha value is -2.69. The summed E-state index contributed by atoms with van der Waals surface area (Å²) in [6.07, 6.45) is 1.67. The van der Waals surface area contributed by atoms with Crippen LogP contribution in [-0.4, -0.2) is 20.2 Å². The second-order valence-electron chi connectivity index (χ2n) is 3.68. The van der Waals surface area contributed by atoms with Crippen molar-refractivity contribution in [2.75, 3.05) is 0 Å². The minimum Gasteiger partial charge on any atom is -0.508 e. The molecule has 0 atom stereocenters. The number of benzene rings is 1. The van der Waals surface area contributed by atoms with Gasteiger partial charge in [0.05, 0.1) is 0 Å². The van der Waals surface area contributed by atoms with Gasteiger partial charge in [0.1, 0.15) is 11.4 Å². The first-order valence-corrected chi connectivity index (χ1v) is 5.37. The first-order valence-electron chi connectivity index (χ1n) is 5.37. The Morgan fingerprint density at radius 3 is 2.56 bits per heavy atom. The summed E-state index contributed by atoms with van der Waals surface area (Å²) in [5, 5.41) is 13.1. The first kappa shape index (κ1) is 10.5. The van der Waals surface area contributed by atoms with Crippen LogP contribution in [0.15, 0.2) is 53.2 Å². The fraction of sp³-hybridized carbons (Fsp3) is 0. The highest BCUT2D eigenvalue weighted by atomic mass is 16.5. The van der Waals surface area contributed by atoms with Gasteiger partial charge in [-0.25, -0.2) is 0 Å². The van der Waals surface area contributed by atoms with Gasteiger partial charge in [0.2, 0.25) is 5.82 Å². The molecule has 0 unspecified atom stereocenters. The molecule has 0 spiro atoms. The molecule has 5 heteroatoms. The van der Waals surface area contributed by atoms with Crippen molar-refractivity contribution in [1.29, 1.82) is 0 Å². The van der Waals surface area contributed by atoms with Crippen LogP contribution in [0, 0.1) is 0 Å². The Kier molecular flexibility index (Phi) is 2.49. The van der Waals surface area contributed by atoms with Crippen LogP contribution in [0.2, 0.25) is 0 Å². The molecule has 0 saturated heterocycles. The predicted octanol–water partition coefficient (Wildman–Crippen LogP) is 2.50. The second-order valence-corrected chi connectivity index (χ2v) is 3.68. The largest absolute Gasteiger partial charge is 0.508 e. The van der Waals surface area contributed by atoms with E-state index in [0.717, 1.165) is 5.56 Å². The number of phenolic OH excluding ortho intramolecular Hbond substituents is 1. The van der Waals surface area contributed by atoms with Crippen molar-refractivity contribution >= 4 is 0 Å². The minimum absolute atomic E-state index is 0.197. The van der Waals surface area contributed by atoms with Crippen molar-refractivity contribution in [3.05, 3.63) is 48.7 Å². The van der Waals surface area contributed by atoms with Gasteiger partial charge in [-0.05, 0) is 36.4 Å². The fourth-order valence-electron chi connectivity index (χ4n) is 1.54. The van der Waals surface area contributed by atoms with Crippen LogP contribution in [0.1, 0.15) is 0 Å². The van der Waals surface area contributed by atoms with E-state index in [1.807, 2.05) is 18.2 Å². The average Bonchev–Trinajstić information content (AvgIpc) is 2.90. The van der Waals surface area contributed by atoms with E-state index in [4.69, 9.17) is 4.52 Å². The summed E-state index contributed by atoms with van der Waals surface area (Å²) in [4.78, 5) is 8.40. The Morgan fingerprint density at radius 2 is 1.83 bits per heavy atom. The van der Waals surface area contributed by atoms with E-state index >= 15 is 0 Å². The number of aromatic hydroxyl groups is 1. The van der Waals surface area contributed by atoms with Crippen LogP contribution in [0.4, 0.5) is 0 Å². The molecule has 18 heavy (non-hydrogen) atoms. The minimum atomic E-state index is 0.197. The molecule has 0 aliphatic heterocycles. The maximum Gasteiger partial charge on any atom is 0.258 e. The number of hydrogen-bond acceptors (Lipinski definition) is 5. The SMILES string of the molecule is Oc1ccc(-c2nc(-c3ccccn3)no2)cc1. The number of phenols is 1. The molecule has 88 valence electrons. The number of aromatic nitrogens is 3. The topological polar surface area (TPSA) is 72.0 Å². The Labute approximate surface area is 103 Å². The van der Waals surface area contributed by atoms with Gasteiger partial charge in [0, 0.05) is 11.8 Å². The molecule has 1 aromatic carbocycles. The summed E-state index contributed by atoms with van der Waals surface area (Å²) >= 11 is 0. The van der Waals surface area contributed by atoms with Gasteiger partial charge >= 0.3 is 0 Å². The van der Waals surface area contributed by atoms with Crippen LogP contribution in [0.3, 0.4) is 0 Å². The second kappa shape index (κ2) is 4.29. The molecule has 0 fully saturated rings. The standard InChI is InChI=1S/C13H9N3O2/c17-10-6-4-9(5-7-10)13-15-12(16-18-13)11-3-1-2-8-14-11/h1-8,17H. The van der Waals surface area contributed by atoms with Crippen LogP contribution in [0.25, 0.3) is 23.0 Å². The van der Waals surface area contributed by atoms with E-state index in [9.17, 15) is 5.11 Å². The summed E-state index contributed by atoms with van der Waals surface area (Å²) in [6, 6.07) is 12.1. The molecule has 0 bridgehead atoms. The molecule has 3 aromatic rings. The third kappa shape index (κ3) is 1.93. The Morgan fingerprint density at radius 1 is 1.00 bits per heavy atom. The van der Waals surface area contributed by atoms with Crippen molar-refractivity contribution in [3.63, 3.8) is 0 Å². The molecular formula is C13H9N3O2. The van der Waals surface area contributed by atoms with E-state index in [2.05, 4.69) is 15.1 Å². The maximum atomic E-state index is 9.21. The molecule has 0 radical (unpaired) electrons. The Balaban J connectivity index is 1.97. The highest BCUT2D eigenvalue weighted by Crippen LogP contribution is 2.22. The van der Waals surface area contributed by atoms with Crippen molar-refractivity contribution < 1.29 is 9.63 Å². The van der Waals surface area contributed by atoms with Crippen molar-refractivity contribution in [2.24, 2.45) is 0 Å². The lowest BCUT2D eigenvalue weighted by atomic mass is 10.2. The normalized spacial score (nSPS) is 10.4. The summed E-state index contributed by atoms with van der Waals surface area (Å²) in [5.41, 5.74) is 1.41. The molecule has 0 aliphatic rings. The number of nitrogens with zero attached hydrogens (tertiary/aromatic N) is 3. The first-order chi connectivity index (χ1) is 8.83. The molecule has 2 heterocycles. The maximum absolute atomic E-state index is 9.21. The van der Waals surface area contributed by atoms with Gasteiger partial charge < -0.3 is 9.63 Å².